The lowest BCUT2D eigenvalue weighted by atomic mass is 10.0. The van der Waals surface area contributed by atoms with Gasteiger partial charge >= 0.3 is 0 Å². The van der Waals surface area contributed by atoms with Crippen LogP contribution in [0.3, 0.4) is 0 Å². The summed E-state index contributed by atoms with van der Waals surface area (Å²) in [6.07, 6.45) is 0. The molecule has 0 fully saturated rings. The van der Waals surface area contributed by atoms with Crippen molar-refractivity contribution in [1.29, 1.82) is 0 Å². The highest BCUT2D eigenvalue weighted by Gasteiger charge is 2.29. The first-order chi connectivity index (χ1) is 8.83. The van der Waals surface area contributed by atoms with Gasteiger partial charge in [-0.15, -0.1) is 0 Å². The fourth-order valence-corrected chi connectivity index (χ4v) is 1.61. The summed E-state index contributed by atoms with van der Waals surface area (Å²) < 4.78 is 18.9. The van der Waals surface area contributed by atoms with Crippen LogP contribution in [0.2, 0.25) is 0 Å². The number of nitrogens with one attached hydrogen (secondary N) is 1. The van der Waals surface area contributed by atoms with E-state index in [0.29, 0.717) is 12.3 Å². The van der Waals surface area contributed by atoms with Gasteiger partial charge in [0.1, 0.15) is 0 Å². The van der Waals surface area contributed by atoms with Gasteiger partial charge in [-0.3, -0.25) is 4.79 Å². The Balaban J connectivity index is 2.98. The Morgan fingerprint density at radius 2 is 2.11 bits per heavy atom. The smallest absolute Gasteiger partial charge is 0.246 e. The average molecular weight is 268 g/mol. The van der Waals surface area contributed by atoms with Crippen molar-refractivity contribution in [3.8, 4) is 5.75 Å². The molecule has 1 amide bonds. The predicted molar refractivity (Wildman–Crippen MR) is 74.1 cm³/mol. The normalized spacial score (nSPS) is 11.3. The van der Waals surface area contributed by atoms with E-state index >= 15 is 0 Å². The summed E-state index contributed by atoms with van der Waals surface area (Å²) >= 11 is 0. The second-order valence-corrected chi connectivity index (χ2v) is 4.79. The van der Waals surface area contributed by atoms with Crippen molar-refractivity contribution in [3.63, 3.8) is 0 Å². The Morgan fingerprint density at radius 3 is 2.58 bits per heavy atom. The summed E-state index contributed by atoms with van der Waals surface area (Å²) in [7, 11) is 3.33. The van der Waals surface area contributed by atoms with Gasteiger partial charge in [0.2, 0.25) is 5.91 Å². The number of carbonyl (C=O) groups excluding carboxylic acids is 1. The van der Waals surface area contributed by atoms with Crippen molar-refractivity contribution in [1.82, 2.24) is 5.32 Å². The highest BCUT2D eigenvalue weighted by Crippen LogP contribution is 2.24. The first kappa shape index (κ1) is 15.4. The lowest BCUT2D eigenvalue weighted by Crippen LogP contribution is -2.51. The number of benzene rings is 1. The molecular formula is C14H21FN2O2. The molecule has 1 N–H and O–H groups in total. The minimum Gasteiger partial charge on any atom is -0.491 e. The number of carbonyl (C=O) groups is 1. The molecule has 0 atom stereocenters. The van der Waals surface area contributed by atoms with Crippen LogP contribution < -0.4 is 15.0 Å². The summed E-state index contributed by atoms with van der Waals surface area (Å²) in [5.41, 5.74) is -0.210. The van der Waals surface area contributed by atoms with E-state index in [2.05, 4.69) is 5.32 Å². The van der Waals surface area contributed by atoms with Gasteiger partial charge in [-0.05, 0) is 40.0 Å². The molecule has 0 spiro atoms. The van der Waals surface area contributed by atoms with Gasteiger partial charge in [-0.1, -0.05) is 0 Å². The van der Waals surface area contributed by atoms with Gasteiger partial charge < -0.3 is 15.0 Å². The fourth-order valence-electron chi connectivity index (χ4n) is 1.61. The molecule has 1 aromatic carbocycles. The molecule has 0 unspecified atom stereocenters. The first-order valence-corrected chi connectivity index (χ1v) is 6.23. The number of amides is 1. The largest absolute Gasteiger partial charge is 0.491 e. The summed E-state index contributed by atoms with van der Waals surface area (Å²) in [6, 6.07) is 4.50. The molecule has 106 valence electrons. The summed E-state index contributed by atoms with van der Waals surface area (Å²) in [6.45, 7) is 5.74. The van der Waals surface area contributed by atoms with Crippen LogP contribution in [-0.4, -0.2) is 32.1 Å². The van der Waals surface area contributed by atoms with E-state index in [9.17, 15) is 9.18 Å². The predicted octanol–water partition coefficient (Wildman–Crippen LogP) is 2.19. The second-order valence-electron chi connectivity index (χ2n) is 4.79. The van der Waals surface area contributed by atoms with E-state index in [0.717, 1.165) is 0 Å². The molecule has 0 radical (unpaired) electrons. The van der Waals surface area contributed by atoms with E-state index in [4.69, 9.17) is 4.74 Å². The van der Waals surface area contributed by atoms with Crippen LogP contribution in [-0.2, 0) is 4.79 Å². The molecule has 1 aromatic rings. The number of halogens is 1. The van der Waals surface area contributed by atoms with Crippen molar-refractivity contribution < 1.29 is 13.9 Å². The van der Waals surface area contributed by atoms with Gasteiger partial charge in [-0.2, -0.15) is 0 Å². The molecule has 0 aliphatic heterocycles. The Labute approximate surface area is 113 Å². The number of ether oxygens (including phenoxy) is 1. The molecule has 0 saturated heterocycles. The fraction of sp³-hybridized carbons (Fsp3) is 0.500. The van der Waals surface area contributed by atoms with Crippen LogP contribution in [0.15, 0.2) is 18.2 Å². The highest BCUT2D eigenvalue weighted by atomic mass is 19.1. The van der Waals surface area contributed by atoms with E-state index in [-0.39, 0.29) is 11.7 Å². The lowest BCUT2D eigenvalue weighted by molar-refractivity contribution is -0.123. The third-order valence-corrected chi connectivity index (χ3v) is 3.07. The number of hydrogen-bond acceptors (Lipinski definition) is 3. The van der Waals surface area contributed by atoms with Crippen molar-refractivity contribution >= 4 is 11.6 Å². The van der Waals surface area contributed by atoms with E-state index in [1.54, 1.807) is 40.9 Å². The number of hydrogen-bond donors (Lipinski definition) is 1. The van der Waals surface area contributed by atoms with Crippen LogP contribution in [0.4, 0.5) is 10.1 Å². The molecule has 1 rings (SSSR count). The molecule has 0 aliphatic carbocycles. The van der Waals surface area contributed by atoms with Crippen molar-refractivity contribution in [2.24, 2.45) is 0 Å². The number of nitrogens with zero attached hydrogens (tertiary/aromatic N) is 1. The third kappa shape index (κ3) is 3.44. The number of anilines is 1. The Kier molecular flexibility index (Phi) is 4.89. The van der Waals surface area contributed by atoms with E-state index in [1.807, 2.05) is 0 Å². The zero-order valence-corrected chi connectivity index (χ0v) is 12.1. The van der Waals surface area contributed by atoms with Crippen molar-refractivity contribution in [2.75, 3.05) is 25.6 Å². The zero-order valence-electron chi connectivity index (χ0n) is 12.1. The van der Waals surface area contributed by atoms with Gasteiger partial charge in [-0.25, -0.2) is 4.39 Å². The number of rotatable bonds is 5. The molecule has 0 aliphatic rings. The zero-order chi connectivity index (χ0) is 14.6. The van der Waals surface area contributed by atoms with Crippen molar-refractivity contribution in [2.45, 2.75) is 26.3 Å². The van der Waals surface area contributed by atoms with Gasteiger partial charge in [0.25, 0.3) is 0 Å². The Hall–Kier alpha value is -1.62. The summed E-state index contributed by atoms with van der Waals surface area (Å²) in [5, 5.41) is 2.93. The van der Waals surface area contributed by atoms with Gasteiger partial charge in [0, 0.05) is 18.8 Å². The first-order valence-electron chi connectivity index (χ1n) is 6.23. The van der Waals surface area contributed by atoms with E-state index in [1.165, 1.54) is 17.0 Å². The summed E-state index contributed by atoms with van der Waals surface area (Å²) in [5.74, 6) is -0.417. The molecule has 0 bridgehead atoms. The van der Waals surface area contributed by atoms with Crippen molar-refractivity contribution in [3.05, 3.63) is 24.0 Å². The quantitative estimate of drug-likeness (QED) is 0.890. The maximum Gasteiger partial charge on any atom is 0.246 e. The lowest BCUT2D eigenvalue weighted by Gasteiger charge is -2.29. The topological polar surface area (TPSA) is 41.6 Å². The SMILES string of the molecule is CCOc1ccc(N(C)C(=O)C(C)(C)NC)cc1F. The molecule has 19 heavy (non-hydrogen) atoms. The number of likely N-dealkylation sites (N-methyl/N-ethyl adjacent to an activating group) is 2. The van der Waals surface area contributed by atoms with E-state index < -0.39 is 11.4 Å². The monoisotopic (exact) mass is 268 g/mol. The van der Waals surface area contributed by atoms with Crippen LogP contribution in [0, 0.1) is 5.82 Å². The Bertz CT molecular complexity index is 461. The third-order valence-electron chi connectivity index (χ3n) is 3.07. The molecule has 4 nitrogen and oxygen atoms in total. The molecule has 5 heteroatoms. The standard InChI is InChI=1S/C14H21FN2O2/c1-6-19-12-8-7-10(9-11(12)15)17(5)13(18)14(2,3)16-4/h7-9,16H,6H2,1-5H3. The minimum absolute atomic E-state index is 0.140. The second kappa shape index (κ2) is 6.02. The summed E-state index contributed by atoms with van der Waals surface area (Å²) in [4.78, 5) is 13.7. The maximum atomic E-state index is 13.8. The molecule has 0 saturated carbocycles. The molecule has 0 aromatic heterocycles. The molecule has 0 heterocycles. The van der Waals surface area contributed by atoms with Crippen LogP contribution in [0.5, 0.6) is 5.75 Å². The maximum absolute atomic E-state index is 13.8. The van der Waals surface area contributed by atoms with Gasteiger partial charge in [0.15, 0.2) is 11.6 Å². The Morgan fingerprint density at radius 1 is 1.47 bits per heavy atom. The van der Waals surface area contributed by atoms with Crippen LogP contribution >= 0.6 is 0 Å². The van der Waals surface area contributed by atoms with Gasteiger partial charge in [0.05, 0.1) is 12.1 Å². The molecular weight excluding hydrogens is 247 g/mol. The average Bonchev–Trinajstić information content (AvgIpc) is 2.39. The minimum atomic E-state index is -0.705. The van der Waals surface area contributed by atoms with Crippen LogP contribution in [0.1, 0.15) is 20.8 Å². The highest BCUT2D eigenvalue weighted by molar-refractivity contribution is 5.99. The van der Waals surface area contributed by atoms with Crippen LogP contribution in [0.25, 0.3) is 0 Å².